The van der Waals surface area contributed by atoms with Gasteiger partial charge in [0.2, 0.25) is 0 Å². The minimum atomic E-state index is 0.370. The first kappa shape index (κ1) is 17.8. The molecule has 2 aromatic heterocycles. The van der Waals surface area contributed by atoms with Gasteiger partial charge in [-0.3, -0.25) is 0 Å². The molecule has 0 aliphatic carbocycles. The van der Waals surface area contributed by atoms with E-state index < -0.39 is 0 Å². The molecule has 4 rings (SSSR count). The largest absolute Gasteiger partial charge is 0.383 e. The summed E-state index contributed by atoms with van der Waals surface area (Å²) in [7, 11) is 0. The molecule has 28 heavy (non-hydrogen) atoms. The number of anilines is 1. The molecule has 0 aliphatic heterocycles. The first-order valence-electron chi connectivity index (χ1n) is 9.23. The fourth-order valence-electron chi connectivity index (χ4n) is 2.97. The third-order valence-corrected chi connectivity index (χ3v) is 4.24. The zero-order valence-electron chi connectivity index (χ0n) is 15.9. The molecule has 0 saturated heterocycles. The fourth-order valence-corrected chi connectivity index (χ4v) is 2.97. The van der Waals surface area contributed by atoms with E-state index in [4.69, 9.17) is 0 Å². The van der Waals surface area contributed by atoms with E-state index in [2.05, 4.69) is 63.2 Å². The van der Waals surface area contributed by atoms with E-state index in [0.717, 1.165) is 28.3 Å². The average molecular weight is 374 g/mol. The Balaban J connectivity index is 1.50. The Kier molecular flexibility index (Phi) is 5.09. The minimum absolute atomic E-state index is 0.370. The Morgan fingerprint density at radius 2 is 1.79 bits per heavy atom. The molecular weight excluding hydrogens is 352 g/mol. The lowest BCUT2D eigenvalue weighted by atomic mass is 10.1. The standard InChI is InChI=1S/C20H22N8/c1-15(2)21-18-10-6-9-17(11-18)19-13-27(25-22-19)14-20-23-24-26-28(20)12-16-7-4-3-5-8-16/h3-11,13,15,21H,12,14H2,1-2H3. The van der Waals surface area contributed by atoms with Crippen molar-refractivity contribution in [1.29, 1.82) is 0 Å². The SMILES string of the molecule is CC(C)Nc1cccc(-c2cn(Cc3nnnn3Cc3ccccc3)nn2)c1. The summed E-state index contributed by atoms with van der Waals surface area (Å²) in [5.41, 5.74) is 4.04. The van der Waals surface area contributed by atoms with Gasteiger partial charge >= 0.3 is 0 Å². The van der Waals surface area contributed by atoms with Gasteiger partial charge in [0, 0.05) is 17.3 Å². The Morgan fingerprint density at radius 1 is 0.929 bits per heavy atom. The molecule has 0 radical (unpaired) electrons. The van der Waals surface area contributed by atoms with Gasteiger partial charge in [-0.2, -0.15) is 0 Å². The molecule has 0 atom stereocenters. The monoisotopic (exact) mass is 374 g/mol. The Morgan fingerprint density at radius 3 is 2.61 bits per heavy atom. The Bertz CT molecular complexity index is 1040. The van der Waals surface area contributed by atoms with Crippen LogP contribution in [0.5, 0.6) is 0 Å². The second-order valence-corrected chi connectivity index (χ2v) is 6.92. The quantitative estimate of drug-likeness (QED) is 0.535. The van der Waals surface area contributed by atoms with Crippen molar-refractivity contribution in [3.05, 3.63) is 72.2 Å². The summed E-state index contributed by atoms with van der Waals surface area (Å²) in [6.45, 7) is 5.30. The van der Waals surface area contributed by atoms with Gasteiger partial charge in [-0.1, -0.05) is 47.7 Å². The molecule has 1 N–H and O–H groups in total. The van der Waals surface area contributed by atoms with Crippen LogP contribution in [0.4, 0.5) is 5.69 Å². The topological polar surface area (TPSA) is 86.3 Å². The molecule has 0 amide bonds. The number of aromatic nitrogens is 7. The van der Waals surface area contributed by atoms with Crippen molar-refractivity contribution in [1.82, 2.24) is 35.2 Å². The molecular formula is C20H22N8. The summed E-state index contributed by atoms with van der Waals surface area (Å²) >= 11 is 0. The van der Waals surface area contributed by atoms with E-state index in [-0.39, 0.29) is 0 Å². The molecule has 2 heterocycles. The summed E-state index contributed by atoms with van der Waals surface area (Å²) in [6, 6.07) is 18.6. The van der Waals surface area contributed by atoms with E-state index in [1.807, 2.05) is 42.6 Å². The number of benzene rings is 2. The van der Waals surface area contributed by atoms with Crippen LogP contribution in [0.15, 0.2) is 60.8 Å². The number of rotatable bonds is 7. The lowest BCUT2D eigenvalue weighted by Crippen LogP contribution is -2.11. The van der Waals surface area contributed by atoms with Crippen molar-refractivity contribution in [2.24, 2.45) is 0 Å². The van der Waals surface area contributed by atoms with Gasteiger partial charge in [0.1, 0.15) is 12.2 Å². The summed E-state index contributed by atoms with van der Waals surface area (Å²) in [5.74, 6) is 0.732. The van der Waals surface area contributed by atoms with Gasteiger partial charge < -0.3 is 5.32 Å². The van der Waals surface area contributed by atoms with E-state index >= 15 is 0 Å². The van der Waals surface area contributed by atoms with Gasteiger partial charge in [0.05, 0.1) is 12.7 Å². The summed E-state index contributed by atoms with van der Waals surface area (Å²) in [5, 5.41) is 24.0. The highest BCUT2D eigenvalue weighted by atomic mass is 15.6. The summed E-state index contributed by atoms with van der Waals surface area (Å²) in [6.07, 6.45) is 1.91. The molecule has 0 spiro atoms. The van der Waals surface area contributed by atoms with Crippen LogP contribution in [-0.4, -0.2) is 41.2 Å². The van der Waals surface area contributed by atoms with Gasteiger partial charge in [0.25, 0.3) is 0 Å². The van der Waals surface area contributed by atoms with Gasteiger partial charge in [-0.05, 0) is 42.0 Å². The van der Waals surface area contributed by atoms with Gasteiger partial charge in [-0.25, -0.2) is 9.36 Å². The number of hydrogen-bond acceptors (Lipinski definition) is 6. The molecule has 8 nitrogen and oxygen atoms in total. The smallest absolute Gasteiger partial charge is 0.173 e. The molecule has 4 aromatic rings. The molecule has 0 unspecified atom stereocenters. The van der Waals surface area contributed by atoms with E-state index in [1.165, 1.54) is 0 Å². The van der Waals surface area contributed by atoms with Crippen LogP contribution in [0.2, 0.25) is 0 Å². The summed E-state index contributed by atoms with van der Waals surface area (Å²) in [4.78, 5) is 0. The van der Waals surface area contributed by atoms with Crippen LogP contribution in [0.25, 0.3) is 11.3 Å². The van der Waals surface area contributed by atoms with Crippen molar-refractivity contribution < 1.29 is 0 Å². The minimum Gasteiger partial charge on any atom is -0.383 e. The zero-order chi connectivity index (χ0) is 19.3. The third-order valence-electron chi connectivity index (χ3n) is 4.24. The number of hydrogen-bond donors (Lipinski definition) is 1. The maximum Gasteiger partial charge on any atom is 0.173 e. The molecule has 0 bridgehead atoms. The van der Waals surface area contributed by atoms with Crippen LogP contribution in [0.3, 0.4) is 0 Å². The lowest BCUT2D eigenvalue weighted by molar-refractivity contribution is 0.564. The predicted octanol–water partition coefficient (Wildman–Crippen LogP) is 2.85. The molecule has 0 aliphatic rings. The first-order valence-corrected chi connectivity index (χ1v) is 9.23. The highest BCUT2D eigenvalue weighted by Crippen LogP contribution is 2.21. The van der Waals surface area contributed by atoms with E-state index in [0.29, 0.717) is 19.1 Å². The zero-order valence-corrected chi connectivity index (χ0v) is 15.9. The highest BCUT2D eigenvalue weighted by molar-refractivity contribution is 5.64. The maximum absolute atomic E-state index is 4.31. The second kappa shape index (κ2) is 7.99. The van der Waals surface area contributed by atoms with Gasteiger partial charge in [-0.15, -0.1) is 10.2 Å². The number of tetrazole rings is 1. The van der Waals surface area contributed by atoms with Crippen LogP contribution in [0, 0.1) is 0 Å². The van der Waals surface area contributed by atoms with Crippen LogP contribution in [-0.2, 0) is 13.1 Å². The molecule has 0 saturated carbocycles. The highest BCUT2D eigenvalue weighted by Gasteiger charge is 2.11. The van der Waals surface area contributed by atoms with Crippen molar-refractivity contribution >= 4 is 5.69 Å². The van der Waals surface area contributed by atoms with Crippen LogP contribution in [0.1, 0.15) is 25.2 Å². The van der Waals surface area contributed by atoms with Gasteiger partial charge in [0.15, 0.2) is 5.82 Å². The Labute approximate surface area is 163 Å². The average Bonchev–Trinajstić information content (AvgIpc) is 3.33. The second-order valence-electron chi connectivity index (χ2n) is 6.92. The van der Waals surface area contributed by atoms with E-state index in [9.17, 15) is 0 Å². The van der Waals surface area contributed by atoms with Crippen molar-refractivity contribution in [2.45, 2.75) is 33.0 Å². The van der Waals surface area contributed by atoms with Crippen molar-refractivity contribution in [3.63, 3.8) is 0 Å². The third kappa shape index (κ3) is 4.22. The molecule has 142 valence electrons. The maximum atomic E-state index is 4.31. The van der Waals surface area contributed by atoms with Crippen molar-refractivity contribution in [3.8, 4) is 11.3 Å². The van der Waals surface area contributed by atoms with Crippen LogP contribution < -0.4 is 5.32 Å². The normalized spacial score (nSPS) is 11.1. The molecule has 2 aromatic carbocycles. The number of nitrogens with zero attached hydrogens (tertiary/aromatic N) is 7. The summed E-state index contributed by atoms with van der Waals surface area (Å²) < 4.78 is 3.54. The van der Waals surface area contributed by atoms with Crippen molar-refractivity contribution in [2.75, 3.05) is 5.32 Å². The fraction of sp³-hybridized carbons (Fsp3) is 0.250. The van der Waals surface area contributed by atoms with E-state index in [1.54, 1.807) is 9.36 Å². The predicted molar refractivity (Wildman–Crippen MR) is 107 cm³/mol. The molecule has 8 heteroatoms. The number of nitrogens with one attached hydrogen (secondary N) is 1. The Hall–Kier alpha value is -3.55. The first-order chi connectivity index (χ1) is 13.7. The van der Waals surface area contributed by atoms with Crippen LogP contribution >= 0.6 is 0 Å². The molecule has 0 fully saturated rings. The lowest BCUT2D eigenvalue weighted by Gasteiger charge is -2.10.